The minimum atomic E-state index is 0.113. The maximum absolute atomic E-state index is 12.6. The number of aromatic nitrogens is 2. The first-order valence-corrected chi connectivity index (χ1v) is 12.4. The summed E-state index contributed by atoms with van der Waals surface area (Å²) in [5.41, 5.74) is 1.82. The molecule has 2 aromatic rings. The van der Waals surface area contributed by atoms with Gasteiger partial charge >= 0.3 is 0 Å². The molecule has 29 heavy (non-hydrogen) atoms. The Morgan fingerprint density at radius 3 is 1.83 bits per heavy atom. The third-order valence-corrected chi connectivity index (χ3v) is 6.12. The molecule has 1 aromatic heterocycles. The van der Waals surface area contributed by atoms with Crippen LogP contribution in [0.2, 0.25) is 0 Å². The van der Waals surface area contributed by atoms with Crippen LogP contribution in [0.3, 0.4) is 0 Å². The zero-order valence-electron chi connectivity index (χ0n) is 18.4. The average molecular weight is 417 g/mol. The molecule has 0 unspecified atom stereocenters. The van der Waals surface area contributed by atoms with Crippen molar-refractivity contribution in [1.29, 1.82) is 0 Å². The number of hydrogen-bond donors (Lipinski definition) is 1. The molecule has 0 saturated heterocycles. The number of fused-ring (bicyclic) bond motifs is 1. The van der Waals surface area contributed by atoms with Crippen molar-refractivity contribution in [3.63, 3.8) is 0 Å². The van der Waals surface area contributed by atoms with Gasteiger partial charge in [-0.15, -0.1) is 0 Å². The Morgan fingerprint density at radius 1 is 0.793 bits per heavy atom. The zero-order valence-corrected chi connectivity index (χ0v) is 19.2. The van der Waals surface area contributed by atoms with Crippen molar-refractivity contribution in [2.24, 2.45) is 0 Å². The molecule has 2 rings (SSSR count). The Labute approximate surface area is 182 Å². The summed E-state index contributed by atoms with van der Waals surface area (Å²) in [6, 6.07) is 7.81. The number of aromatic amines is 1. The number of imidazole rings is 1. The molecule has 1 heterocycles. The van der Waals surface area contributed by atoms with E-state index < -0.39 is 0 Å². The molecule has 162 valence electrons. The molecule has 0 spiro atoms. The first-order chi connectivity index (χ1) is 14.2. The molecule has 0 saturated carbocycles. The van der Waals surface area contributed by atoms with Crippen LogP contribution >= 0.6 is 12.2 Å². The Bertz CT molecular complexity index is 762. The quantitative estimate of drug-likeness (QED) is 0.220. The number of para-hydroxylation sites is 2. The number of hydrogen-bond acceptors (Lipinski definition) is 2. The average Bonchev–Trinajstić information content (AvgIpc) is 3.06. The van der Waals surface area contributed by atoms with E-state index >= 15 is 0 Å². The number of benzene rings is 1. The van der Waals surface area contributed by atoms with Crippen LogP contribution in [0, 0.1) is 4.77 Å². The van der Waals surface area contributed by atoms with Crippen LogP contribution in [0.15, 0.2) is 24.3 Å². The second-order valence-electron chi connectivity index (χ2n) is 8.38. The van der Waals surface area contributed by atoms with Gasteiger partial charge in [0.2, 0.25) is 5.91 Å². The highest BCUT2D eigenvalue weighted by molar-refractivity contribution is 7.71. The monoisotopic (exact) mass is 416 g/mol. The van der Waals surface area contributed by atoms with E-state index in [1.807, 2.05) is 24.3 Å². The van der Waals surface area contributed by atoms with Gasteiger partial charge in [0.1, 0.15) is 0 Å². The highest BCUT2D eigenvalue weighted by Crippen LogP contribution is 2.16. The van der Waals surface area contributed by atoms with E-state index in [9.17, 15) is 4.79 Å². The number of carbonyl (C=O) groups is 1. The lowest BCUT2D eigenvalue weighted by molar-refractivity contribution is 0.0902. The molecule has 0 aliphatic carbocycles. The third kappa shape index (κ3) is 8.86. The lowest BCUT2D eigenvalue weighted by Crippen LogP contribution is -2.10. The van der Waals surface area contributed by atoms with Gasteiger partial charge in [0, 0.05) is 6.42 Å². The molecule has 0 fully saturated rings. The van der Waals surface area contributed by atoms with Crippen LogP contribution < -0.4 is 0 Å². The summed E-state index contributed by atoms with van der Waals surface area (Å²) in [4.78, 5) is 15.7. The lowest BCUT2D eigenvalue weighted by atomic mass is 10.0. The highest BCUT2D eigenvalue weighted by Gasteiger charge is 2.11. The molecule has 3 nitrogen and oxygen atoms in total. The SMILES string of the molecule is CCCCCCCCCCCCCCCCCC(=O)n1c(=S)[nH]c2ccccc21. The van der Waals surface area contributed by atoms with Gasteiger partial charge in [0.15, 0.2) is 4.77 Å². The van der Waals surface area contributed by atoms with Crippen LogP contribution in [-0.4, -0.2) is 15.5 Å². The number of nitrogens with zero attached hydrogens (tertiary/aromatic N) is 1. The predicted octanol–water partition coefficient (Wildman–Crippen LogP) is 8.60. The maximum Gasteiger partial charge on any atom is 0.233 e. The van der Waals surface area contributed by atoms with Gasteiger partial charge in [0.05, 0.1) is 11.0 Å². The zero-order chi connectivity index (χ0) is 20.7. The summed E-state index contributed by atoms with van der Waals surface area (Å²) in [5.74, 6) is 0.113. The summed E-state index contributed by atoms with van der Waals surface area (Å²) in [6.45, 7) is 2.28. The Kier molecular flexibility index (Phi) is 12.0. The molecular formula is C25H40N2OS. The van der Waals surface area contributed by atoms with Gasteiger partial charge < -0.3 is 4.98 Å². The number of nitrogens with one attached hydrogen (secondary N) is 1. The fraction of sp³-hybridized carbons (Fsp3) is 0.680. The lowest BCUT2D eigenvalue weighted by Gasteiger charge is -2.04. The van der Waals surface area contributed by atoms with Crippen molar-refractivity contribution in [2.45, 2.75) is 110 Å². The van der Waals surface area contributed by atoms with Crippen molar-refractivity contribution < 1.29 is 4.79 Å². The van der Waals surface area contributed by atoms with Gasteiger partial charge in [-0.1, -0.05) is 109 Å². The van der Waals surface area contributed by atoms with Gasteiger partial charge in [-0.25, -0.2) is 0 Å². The minimum absolute atomic E-state index is 0.113. The Balaban J connectivity index is 1.45. The van der Waals surface area contributed by atoms with Crippen molar-refractivity contribution in [2.75, 3.05) is 0 Å². The highest BCUT2D eigenvalue weighted by atomic mass is 32.1. The van der Waals surface area contributed by atoms with E-state index in [1.54, 1.807) is 4.57 Å². The van der Waals surface area contributed by atoms with E-state index in [2.05, 4.69) is 11.9 Å². The van der Waals surface area contributed by atoms with Crippen LogP contribution in [0.25, 0.3) is 11.0 Å². The summed E-state index contributed by atoms with van der Waals surface area (Å²) in [5, 5.41) is 0. The Hall–Kier alpha value is -1.42. The van der Waals surface area contributed by atoms with Crippen molar-refractivity contribution >= 4 is 29.2 Å². The summed E-state index contributed by atoms with van der Waals surface area (Å²) in [6.07, 6.45) is 20.6. The molecule has 0 bridgehead atoms. The summed E-state index contributed by atoms with van der Waals surface area (Å²) < 4.78 is 2.17. The molecule has 4 heteroatoms. The molecule has 1 aromatic carbocycles. The minimum Gasteiger partial charge on any atom is -0.330 e. The first-order valence-electron chi connectivity index (χ1n) is 12.0. The standard InChI is InChI=1S/C25H40N2OS/c1-2-3-4-5-6-7-8-9-10-11-12-13-14-15-16-21-24(28)27-23-20-18-17-19-22(23)26-25(27)29/h17-20H,2-16,21H2,1H3,(H,26,29). The van der Waals surface area contributed by atoms with Gasteiger partial charge in [-0.05, 0) is 30.8 Å². The summed E-state index contributed by atoms with van der Waals surface area (Å²) in [7, 11) is 0. The molecule has 0 atom stereocenters. The molecule has 0 amide bonds. The van der Waals surface area contributed by atoms with Crippen molar-refractivity contribution in [3.05, 3.63) is 29.0 Å². The van der Waals surface area contributed by atoms with E-state index in [-0.39, 0.29) is 5.91 Å². The van der Waals surface area contributed by atoms with Gasteiger partial charge in [0.25, 0.3) is 0 Å². The van der Waals surface area contributed by atoms with Gasteiger partial charge in [-0.3, -0.25) is 9.36 Å². The smallest absolute Gasteiger partial charge is 0.233 e. The second kappa shape index (κ2) is 14.5. The van der Waals surface area contributed by atoms with Crippen LogP contribution in [0.5, 0.6) is 0 Å². The number of carbonyl (C=O) groups excluding carboxylic acids is 1. The number of rotatable bonds is 16. The van der Waals surface area contributed by atoms with Crippen LogP contribution in [0.4, 0.5) is 0 Å². The predicted molar refractivity (Wildman–Crippen MR) is 127 cm³/mol. The number of H-pyrrole nitrogens is 1. The van der Waals surface area contributed by atoms with E-state index in [0.717, 1.165) is 23.9 Å². The van der Waals surface area contributed by atoms with Crippen LogP contribution in [0.1, 0.15) is 114 Å². The van der Waals surface area contributed by atoms with Crippen molar-refractivity contribution in [1.82, 2.24) is 9.55 Å². The largest absolute Gasteiger partial charge is 0.330 e. The van der Waals surface area contributed by atoms with Gasteiger partial charge in [-0.2, -0.15) is 0 Å². The second-order valence-corrected chi connectivity index (χ2v) is 8.76. The fourth-order valence-electron chi connectivity index (χ4n) is 4.06. The Morgan fingerprint density at radius 2 is 1.28 bits per heavy atom. The van der Waals surface area contributed by atoms with E-state index in [0.29, 0.717) is 11.2 Å². The molecular weight excluding hydrogens is 376 g/mol. The maximum atomic E-state index is 12.6. The third-order valence-electron chi connectivity index (χ3n) is 5.83. The molecule has 1 N–H and O–H groups in total. The molecule has 0 aliphatic rings. The molecule has 0 radical (unpaired) electrons. The fourth-order valence-corrected chi connectivity index (χ4v) is 4.37. The normalized spacial score (nSPS) is 11.3. The summed E-state index contributed by atoms with van der Waals surface area (Å²) >= 11 is 5.33. The van der Waals surface area contributed by atoms with Crippen LogP contribution in [-0.2, 0) is 0 Å². The first kappa shape index (κ1) is 23.9. The van der Waals surface area contributed by atoms with Crippen molar-refractivity contribution in [3.8, 4) is 0 Å². The van der Waals surface area contributed by atoms with E-state index in [1.165, 1.54) is 83.5 Å². The number of unbranched alkanes of at least 4 members (excludes halogenated alkanes) is 14. The topological polar surface area (TPSA) is 37.8 Å². The molecule has 0 aliphatic heterocycles. The van der Waals surface area contributed by atoms with E-state index in [4.69, 9.17) is 12.2 Å².